The van der Waals surface area contributed by atoms with Gasteiger partial charge in [-0.1, -0.05) is 40.9 Å². The zero-order valence-corrected chi connectivity index (χ0v) is 13.5. The molecule has 2 aromatic rings. The molecule has 0 spiro atoms. The van der Waals surface area contributed by atoms with Crippen molar-refractivity contribution in [2.24, 2.45) is 0 Å². The summed E-state index contributed by atoms with van der Waals surface area (Å²) in [4.78, 5) is 0. The number of methoxy groups -OCH3 is 1. The lowest BCUT2D eigenvalue weighted by Crippen LogP contribution is -2.01. The first kappa shape index (κ1) is 16.2. The summed E-state index contributed by atoms with van der Waals surface area (Å²) >= 11 is 18.0. The zero-order chi connectivity index (χ0) is 15.4. The highest BCUT2D eigenvalue weighted by molar-refractivity contribution is 6.40. The van der Waals surface area contributed by atoms with Gasteiger partial charge in [0, 0.05) is 10.6 Å². The number of aliphatic hydroxyl groups excluding tert-OH is 1. The first-order chi connectivity index (χ1) is 10.0. The van der Waals surface area contributed by atoms with Gasteiger partial charge in [0.15, 0.2) is 5.75 Å². The number of aliphatic hydroxyl groups is 1. The topological polar surface area (TPSA) is 38.7 Å². The van der Waals surface area contributed by atoms with Crippen molar-refractivity contribution in [3.05, 3.63) is 56.5 Å². The van der Waals surface area contributed by atoms with E-state index in [1.54, 1.807) is 37.4 Å². The Morgan fingerprint density at radius 2 is 1.71 bits per heavy atom. The van der Waals surface area contributed by atoms with Gasteiger partial charge in [0.2, 0.25) is 0 Å². The highest BCUT2D eigenvalue weighted by Gasteiger charge is 2.11. The molecule has 0 aliphatic heterocycles. The van der Waals surface area contributed by atoms with Gasteiger partial charge in [0.05, 0.1) is 23.8 Å². The Kier molecular flexibility index (Phi) is 5.59. The van der Waals surface area contributed by atoms with Crippen LogP contribution in [0.15, 0.2) is 30.3 Å². The summed E-state index contributed by atoms with van der Waals surface area (Å²) < 4.78 is 10.9. The van der Waals surface area contributed by atoms with Crippen molar-refractivity contribution in [3.63, 3.8) is 0 Å². The van der Waals surface area contributed by atoms with Crippen LogP contribution >= 0.6 is 34.8 Å². The van der Waals surface area contributed by atoms with Crippen LogP contribution in [0.25, 0.3) is 0 Å². The van der Waals surface area contributed by atoms with Crippen LogP contribution in [0.5, 0.6) is 11.5 Å². The lowest BCUT2D eigenvalue weighted by Gasteiger charge is -2.13. The SMILES string of the molecule is COc1ccc(CO)cc1COc1c(Cl)cc(Cl)cc1Cl. The molecule has 0 saturated heterocycles. The van der Waals surface area contributed by atoms with Crippen LogP contribution in [-0.4, -0.2) is 12.2 Å². The molecule has 2 aromatic carbocycles. The van der Waals surface area contributed by atoms with Gasteiger partial charge in [-0.25, -0.2) is 0 Å². The number of halogens is 3. The predicted octanol–water partition coefficient (Wildman–Crippen LogP) is 4.73. The summed E-state index contributed by atoms with van der Waals surface area (Å²) in [5, 5.41) is 10.3. The molecule has 0 aliphatic rings. The average molecular weight is 348 g/mol. The van der Waals surface area contributed by atoms with Crippen LogP contribution < -0.4 is 9.47 Å². The molecular formula is C15H13Cl3O3. The van der Waals surface area contributed by atoms with Crippen molar-refractivity contribution < 1.29 is 14.6 Å². The van der Waals surface area contributed by atoms with E-state index in [1.165, 1.54) is 0 Å². The van der Waals surface area contributed by atoms with Gasteiger partial charge in [-0.05, 0) is 29.8 Å². The average Bonchev–Trinajstić information content (AvgIpc) is 2.45. The highest BCUT2D eigenvalue weighted by Crippen LogP contribution is 2.36. The van der Waals surface area contributed by atoms with Gasteiger partial charge in [0.1, 0.15) is 12.4 Å². The van der Waals surface area contributed by atoms with Crippen molar-refractivity contribution in [3.8, 4) is 11.5 Å². The van der Waals surface area contributed by atoms with E-state index in [2.05, 4.69) is 0 Å². The van der Waals surface area contributed by atoms with Crippen LogP contribution in [0, 0.1) is 0 Å². The minimum absolute atomic E-state index is 0.0561. The molecule has 1 N–H and O–H groups in total. The van der Waals surface area contributed by atoms with Crippen LogP contribution in [-0.2, 0) is 13.2 Å². The molecule has 0 aliphatic carbocycles. The van der Waals surface area contributed by atoms with E-state index in [1.807, 2.05) is 0 Å². The number of benzene rings is 2. The predicted molar refractivity (Wildman–Crippen MR) is 84.7 cm³/mol. The summed E-state index contributed by atoms with van der Waals surface area (Å²) in [6, 6.07) is 8.48. The van der Waals surface area contributed by atoms with Gasteiger partial charge >= 0.3 is 0 Å². The van der Waals surface area contributed by atoms with E-state index >= 15 is 0 Å². The number of rotatable bonds is 5. The molecule has 0 heterocycles. The maximum Gasteiger partial charge on any atom is 0.157 e. The molecule has 112 valence electrons. The van der Waals surface area contributed by atoms with Gasteiger partial charge in [-0.3, -0.25) is 0 Å². The smallest absolute Gasteiger partial charge is 0.157 e. The van der Waals surface area contributed by atoms with E-state index < -0.39 is 0 Å². The van der Waals surface area contributed by atoms with Gasteiger partial charge < -0.3 is 14.6 Å². The van der Waals surface area contributed by atoms with Crippen molar-refractivity contribution in [2.75, 3.05) is 7.11 Å². The molecule has 2 rings (SSSR count). The first-order valence-electron chi connectivity index (χ1n) is 6.09. The molecule has 0 saturated carbocycles. The third-order valence-electron chi connectivity index (χ3n) is 2.86. The summed E-state index contributed by atoms with van der Waals surface area (Å²) in [6.45, 7) is 0.150. The third-order valence-corrected chi connectivity index (χ3v) is 3.64. The fraction of sp³-hybridized carbons (Fsp3) is 0.200. The first-order valence-corrected chi connectivity index (χ1v) is 7.22. The summed E-state index contributed by atoms with van der Waals surface area (Å²) in [7, 11) is 1.57. The second-order valence-corrected chi connectivity index (χ2v) is 5.54. The Labute approximate surface area is 138 Å². The largest absolute Gasteiger partial charge is 0.496 e. The van der Waals surface area contributed by atoms with E-state index in [0.29, 0.717) is 26.6 Å². The third kappa shape index (κ3) is 3.95. The molecule has 0 fully saturated rings. The maximum absolute atomic E-state index is 9.19. The van der Waals surface area contributed by atoms with E-state index in [9.17, 15) is 5.11 Å². The molecule has 6 heteroatoms. The van der Waals surface area contributed by atoms with Crippen LogP contribution in [0.3, 0.4) is 0 Å². The minimum atomic E-state index is -0.0561. The molecular weight excluding hydrogens is 335 g/mol. The van der Waals surface area contributed by atoms with E-state index in [4.69, 9.17) is 44.3 Å². The van der Waals surface area contributed by atoms with Gasteiger partial charge in [0.25, 0.3) is 0 Å². The van der Waals surface area contributed by atoms with Crippen LogP contribution in [0.4, 0.5) is 0 Å². The highest BCUT2D eigenvalue weighted by atomic mass is 35.5. The fourth-order valence-corrected chi connectivity index (χ4v) is 2.79. The Morgan fingerprint density at radius 1 is 1.05 bits per heavy atom. The lowest BCUT2D eigenvalue weighted by molar-refractivity contribution is 0.278. The minimum Gasteiger partial charge on any atom is -0.496 e. The van der Waals surface area contributed by atoms with E-state index in [0.717, 1.165) is 11.1 Å². The van der Waals surface area contributed by atoms with Crippen molar-refractivity contribution in [1.29, 1.82) is 0 Å². The van der Waals surface area contributed by atoms with E-state index in [-0.39, 0.29) is 13.2 Å². The maximum atomic E-state index is 9.19. The standard InChI is InChI=1S/C15H13Cl3O3/c1-20-14-3-2-9(7-19)4-10(14)8-21-15-12(17)5-11(16)6-13(15)18/h2-6,19H,7-8H2,1H3. The van der Waals surface area contributed by atoms with Gasteiger partial charge in [-0.15, -0.1) is 0 Å². The second-order valence-electron chi connectivity index (χ2n) is 4.29. The van der Waals surface area contributed by atoms with Crippen molar-refractivity contribution >= 4 is 34.8 Å². The monoisotopic (exact) mass is 346 g/mol. The number of hydrogen-bond acceptors (Lipinski definition) is 3. The molecule has 0 radical (unpaired) electrons. The molecule has 0 aromatic heterocycles. The quantitative estimate of drug-likeness (QED) is 0.850. The molecule has 0 bridgehead atoms. The lowest BCUT2D eigenvalue weighted by atomic mass is 10.1. The molecule has 0 unspecified atom stereocenters. The fourth-order valence-electron chi connectivity index (χ4n) is 1.86. The number of hydrogen-bond donors (Lipinski definition) is 1. The molecule has 21 heavy (non-hydrogen) atoms. The molecule has 0 amide bonds. The Morgan fingerprint density at radius 3 is 2.29 bits per heavy atom. The summed E-state index contributed by atoms with van der Waals surface area (Å²) in [6.07, 6.45) is 0. The summed E-state index contributed by atoms with van der Waals surface area (Å²) in [5.41, 5.74) is 1.55. The normalized spacial score (nSPS) is 10.5. The van der Waals surface area contributed by atoms with Crippen molar-refractivity contribution in [2.45, 2.75) is 13.2 Å². The zero-order valence-electron chi connectivity index (χ0n) is 11.2. The molecule has 0 atom stereocenters. The summed E-state index contributed by atoms with van der Waals surface area (Å²) in [5.74, 6) is 1.02. The van der Waals surface area contributed by atoms with Crippen LogP contribution in [0.1, 0.15) is 11.1 Å². The van der Waals surface area contributed by atoms with Crippen molar-refractivity contribution in [1.82, 2.24) is 0 Å². The second kappa shape index (κ2) is 7.23. The Hall–Kier alpha value is -1.13. The van der Waals surface area contributed by atoms with Crippen LogP contribution in [0.2, 0.25) is 15.1 Å². The van der Waals surface area contributed by atoms with Gasteiger partial charge in [-0.2, -0.15) is 0 Å². The molecule has 3 nitrogen and oxygen atoms in total. The Balaban J connectivity index is 2.24. The Bertz CT molecular complexity index is 621. The number of ether oxygens (including phenoxy) is 2.